The standard InChI is InChI=1S/C69H104O6/c1-46(2)24-20-26-48(4)28-21-29-49(5)31-23-36-65(15)37-35-58-59-41-55(40-51(7)34-39-69-64(13,14)43-57(71)45-67(69,17)75-69)60(72-61(59)53(9)54(10)62(58)73-65)52(8)32-19-18-25-47(3)27-22-30-50(6)33-38-68-63(11,12)42-56(70)44-66(68,16)74-68/h18-19,22,25,27,30,32-34,38-40,46,48-49,55-57,60,70-71H,20-21,23-24,26,28-29,31,35-37,41-45H2,1-17H3/b19-18+,27-22+,38-33+,39-34+,47-25+,50-30-,51-40-,52-32-/t48?,49?,55-,56+,57-,60+,65-,66-,67+,68+,69-/m1/s1. The maximum Gasteiger partial charge on any atom is 0.127 e. The normalized spacial score (nSPS) is 34.3. The van der Waals surface area contributed by atoms with E-state index >= 15 is 0 Å². The van der Waals surface area contributed by atoms with Gasteiger partial charge in [-0.15, -0.1) is 0 Å². The third kappa shape index (κ3) is 13.0. The van der Waals surface area contributed by atoms with Gasteiger partial charge in [0.05, 0.1) is 12.2 Å². The molecule has 416 valence electrons. The van der Waals surface area contributed by atoms with Gasteiger partial charge in [0.1, 0.15) is 45.6 Å². The number of aliphatic hydroxyl groups is 2. The summed E-state index contributed by atoms with van der Waals surface area (Å²) in [5.41, 5.74) is 7.96. The summed E-state index contributed by atoms with van der Waals surface area (Å²) in [6, 6.07) is 0. The molecule has 2 saturated heterocycles. The Morgan fingerprint density at radius 1 is 0.600 bits per heavy atom. The van der Waals surface area contributed by atoms with Crippen molar-refractivity contribution >= 4 is 0 Å². The Balaban J connectivity index is 1.05. The molecule has 2 saturated carbocycles. The molecule has 0 bridgehead atoms. The van der Waals surface area contributed by atoms with Gasteiger partial charge in [0.2, 0.25) is 0 Å². The van der Waals surface area contributed by atoms with E-state index in [0.29, 0.717) is 12.8 Å². The highest BCUT2D eigenvalue weighted by atomic mass is 16.6. The van der Waals surface area contributed by atoms with Crippen molar-refractivity contribution in [2.24, 2.45) is 34.5 Å². The summed E-state index contributed by atoms with van der Waals surface area (Å²) in [7, 11) is 0. The maximum absolute atomic E-state index is 10.7. The first-order chi connectivity index (χ1) is 35.1. The molecule has 6 nitrogen and oxygen atoms in total. The van der Waals surface area contributed by atoms with Gasteiger partial charge in [-0.3, -0.25) is 0 Å². The average Bonchev–Trinajstić information content (AvgIpc) is 4.16. The predicted octanol–water partition coefficient (Wildman–Crippen LogP) is 17.2. The van der Waals surface area contributed by atoms with Crippen LogP contribution in [0.3, 0.4) is 0 Å². The van der Waals surface area contributed by atoms with Gasteiger partial charge in [-0.2, -0.15) is 0 Å². The number of rotatable bonds is 22. The van der Waals surface area contributed by atoms with Crippen LogP contribution in [0.2, 0.25) is 0 Å². The third-order valence-corrected chi connectivity index (χ3v) is 19.4. The van der Waals surface area contributed by atoms with Gasteiger partial charge in [-0.1, -0.05) is 178 Å². The van der Waals surface area contributed by atoms with E-state index in [1.807, 2.05) is 0 Å². The predicted molar refractivity (Wildman–Crippen MR) is 314 cm³/mol. The van der Waals surface area contributed by atoms with Crippen LogP contribution in [0.25, 0.3) is 0 Å². The highest BCUT2D eigenvalue weighted by molar-refractivity contribution is 5.61. The van der Waals surface area contributed by atoms with E-state index in [1.54, 1.807) is 0 Å². The fourth-order valence-corrected chi connectivity index (χ4v) is 14.7. The van der Waals surface area contributed by atoms with Crippen LogP contribution in [-0.4, -0.2) is 56.5 Å². The van der Waals surface area contributed by atoms with Gasteiger partial charge in [0.25, 0.3) is 0 Å². The Morgan fingerprint density at radius 3 is 1.68 bits per heavy atom. The molecule has 0 radical (unpaired) electrons. The maximum atomic E-state index is 10.7. The minimum Gasteiger partial charge on any atom is -0.487 e. The number of hydrogen-bond donors (Lipinski definition) is 2. The van der Waals surface area contributed by atoms with Crippen LogP contribution < -0.4 is 9.47 Å². The molecule has 4 heterocycles. The summed E-state index contributed by atoms with van der Waals surface area (Å²) in [6.45, 7) is 38.3. The minimum atomic E-state index is -0.385. The van der Waals surface area contributed by atoms with Crippen LogP contribution in [0, 0.1) is 48.3 Å². The van der Waals surface area contributed by atoms with Gasteiger partial charge in [0.15, 0.2) is 0 Å². The van der Waals surface area contributed by atoms with E-state index in [-0.39, 0.29) is 63.1 Å². The number of aliphatic hydroxyl groups excluding tert-OH is 2. The lowest BCUT2D eigenvalue weighted by Gasteiger charge is -2.41. The van der Waals surface area contributed by atoms with Crippen molar-refractivity contribution in [3.8, 4) is 11.5 Å². The van der Waals surface area contributed by atoms with Crippen LogP contribution >= 0.6 is 0 Å². The second-order valence-electron chi connectivity index (χ2n) is 27.8. The SMILES string of the molecule is CC(=C/C=C/C(C)=C/C=C/C=C(/C)[C@@H]1Oc2c(C)c(C)c3c(c2C[C@H]1/C=C(C)\C=C\[C@]12O[C@@]1(C)C[C@H](O)CC2(C)C)CC[C@@](C)(CCCC(C)CCCC(C)CCCC(C)C)O3)/C=C/[C@@]12O[C@]1(C)C[C@@H](O)CC2(C)C. The lowest BCUT2D eigenvalue weighted by molar-refractivity contribution is 0.0501. The summed E-state index contributed by atoms with van der Waals surface area (Å²) < 4.78 is 27.4. The Labute approximate surface area is 457 Å². The van der Waals surface area contributed by atoms with Gasteiger partial charge in [-0.25, -0.2) is 0 Å². The minimum absolute atomic E-state index is 0.112. The van der Waals surface area contributed by atoms with Crippen molar-refractivity contribution in [1.82, 2.24) is 0 Å². The summed E-state index contributed by atoms with van der Waals surface area (Å²) in [5, 5.41) is 21.2. The fraction of sp³-hybridized carbons (Fsp3) is 0.681. The van der Waals surface area contributed by atoms with Gasteiger partial charge >= 0.3 is 0 Å². The smallest absolute Gasteiger partial charge is 0.127 e. The van der Waals surface area contributed by atoms with Gasteiger partial charge in [-0.05, 0) is 154 Å². The van der Waals surface area contributed by atoms with Crippen LogP contribution in [0.15, 0.2) is 95.2 Å². The zero-order valence-electron chi connectivity index (χ0n) is 50.3. The second kappa shape index (κ2) is 23.1. The van der Waals surface area contributed by atoms with E-state index in [2.05, 4.69) is 191 Å². The largest absolute Gasteiger partial charge is 0.487 e. The molecule has 2 N–H and O–H groups in total. The molecule has 0 aromatic heterocycles. The quantitative estimate of drug-likeness (QED) is 0.0889. The van der Waals surface area contributed by atoms with Crippen molar-refractivity contribution in [2.75, 3.05) is 0 Å². The average molecular weight is 1030 g/mol. The molecular formula is C69H104O6. The van der Waals surface area contributed by atoms with Crippen molar-refractivity contribution in [3.05, 3.63) is 117 Å². The highest BCUT2D eigenvalue weighted by Crippen LogP contribution is 2.67. The third-order valence-electron chi connectivity index (χ3n) is 19.4. The molecule has 0 amide bonds. The van der Waals surface area contributed by atoms with E-state index in [0.717, 1.165) is 78.9 Å². The van der Waals surface area contributed by atoms with E-state index < -0.39 is 0 Å². The zero-order valence-corrected chi connectivity index (χ0v) is 50.3. The second-order valence-corrected chi connectivity index (χ2v) is 27.8. The lowest BCUT2D eigenvalue weighted by atomic mass is 9.63. The number of allylic oxidation sites excluding steroid dienone is 12. The Hall–Kier alpha value is -3.42. The first kappa shape index (κ1) is 59.2. The van der Waals surface area contributed by atoms with Crippen LogP contribution in [0.5, 0.6) is 11.5 Å². The molecule has 1 aromatic rings. The monoisotopic (exact) mass is 1030 g/mol. The first-order valence-corrected chi connectivity index (χ1v) is 29.8. The molecule has 6 heteroatoms. The Morgan fingerprint density at radius 2 is 1.11 bits per heavy atom. The van der Waals surface area contributed by atoms with E-state index in [1.165, 1.54) is 84.8 Å². The molecule has 2 unspecified atom stereocenters. The topological polar surface area (TPSA) is 84.0 Å². The molecule has 4 aliphatic heterocycles. The molecule has 75 heavy (non-hydrogen) atoms. The summed E-state index contributed by atoms with van der Waals surface area (Å²) >= 11 is 0. The van der Waals surface area contributed by atoms with Gasteiger partial charge < -0.3 is 29.2 Å². The van der Waals surface area contributed by atoms with E-state index in [4.69, 9.17) is 18.9 Å². The van der Waals surface area contributed by atoms with Gasteiger partial charge in [0, 0.05) is 40.7 Å². The molecule has 0 spiro atoms. The number of benzene rings is 1. The summed E-state index contributed by atoms with van der Waals surface area (Å²) in [6.07, 6.45) is 43.2. The van der Waals surface area contributed by atoms with Crippen molar-refractivity contribution in [3.63, 3.8) is 0 Å². The van der Waals surface area contributed by atoms with Crippen LogP contribution in [0.1, 0.15) is 216 Å². The number of ether oxygens (including phenoxy) is 4. The highest BCUT2D eigenvalue weighted by Gasteiger charge is 2.75. The Bertz CT molecular complexity index is 2450. The number of fused-ring (bicyclic) bond motifs is 5. The molecule has 1 aromatic carbocycles. The zero-order chi connectivity index (χ0) is 54.9. The molecular weight excluding hydrogens is 925 g/mol. The number of hydrogen-bond acceptors (Lipinski definition) is 6. The van der Waals surface area contributed by atoms with Crippen LogP contribution in [0.4, 0.5) is 0 Å². The molecule has 4 fully saturated rings. The van der Waals surface area contributed by atoms with Crippen LogP contribution in [-0.2, 0) is 22.3 Å². The molecule has 2 aliphatic carbocycles. The molecule has 6 aliphatic rings. The molecule has 11 atom stereocenters. The lowest BCUT2D eigenvalue weighted by Crippen LogP contribution is -2.46. The summed E-state index contributed by atoms with van der Waals surface area (Å²) in [5.74, 6) is 4.67. The molecule has 7 rings (SSSR count). The van der Waals surface area contributed by atoms with Crippen molar-refractivity contribution in [2.45, 2.75) is 267 Å². The summed E-state index contributed by atoms with van der Waals surface area (Å²) in [4.78, 5) is 0. The first-order valence-electron chi connectivity index (χ1n) is 29.8. The fourth-order valence-electron chi connectivity index (χ4n) is 14.7. The van der Waals surface area contributed by atoms with Crippen molar-refractivity contribution in [1.29, 1.82) is 0 Å². The Kier molecular flexibility index (Phi) is 18.3. The van der Waals surface area contributed by atoms with Crippen molar-refractivity contribution < 1.29 is 29.2 Å². The van der Waals surface area contributed by atoms with E-state index in [9.17, 15) is 10.2 Å². The number of epoxide rings is 2.